The quantitative estimate of drug-likeness (QED) is 0.929. The summed E-state index contributed by atoms with van der Waals surface area (Å²) in [5.41, 5.74) is 0.732. The van der Waals surface area contributed by atoms with Crippen molar-refractivity contribution in [3.8, 4) is 0 Å². The number of para-hydroxylation sites is 1. The first-order chi connectivity index (χ1) is 7.93. The van der Waals surface area contributed by atoms with Gasteiger partial charge in [-0.3, -0.25) is 9.59 Å². The summed E-state index contributed by atoms with van der Waals surface area (Å²) in [6.45, 7) is 1.52. The van der Waals surface area contributed by atoms with Gasteiger partial charge in [-0.25, -0.2) is 0 Å². The van der Waals surface area contributed by atoms with E-state index < -0.39 is 11.9 Å². The Labute approximate surface area is 108 Å². The maximum atomic E-state index is 11.9. The van der Waals surface area contributed by atoms with Crippen molar-refractivity contribution in [2.24, 2.45) is 5.92 Å². The van der Waals surface area contributed by atoms with Crippen LogP contribution in [-0.2, 0) is 9.59 Å². The second-order valence-electron chi connectivity index (χ2n) is 3.85. The Morgan fingerprint density at radius 1 is 1.41 bits per heavy atom. The molecule has 0 aliphatic rings. The molecule has 0 radical (unpaired) electrons. The van der Waals surface area contributed by atoms with Crippen molar-refractivity contribution in [2.45, 2.75) is 13.3 Å². The highest BCUT2D eigenvalue weighted by Gasteiger charge is 2.20. The number of hydrogen-bond donors (Lipinski definition) is 1. The number of carbonyl (C=O) groups is 2. The van der Waals surface area contributed by atoms with Crippen LogP contribution >= 0.6 is 15.9 Å². The number of carboxylic acid groups (broad SMARTS) is 1. The number of halogens is 1. The van der Waals surface area contributed by atoms with Gasteiger partial charge in [-0.15, -0.1) is 0 Å². The Balaban J connectivity index is 2.77. The van der Waals surface area contributed by atoms with Crippen LogP contribution in [0.15, 0.2) is 28.7 Å². The Bertz CT molecular complexity index is 434. The molecule has 0 heterocycles. The van der Waals surface area contributed by atoms with Crippen molar-refractivity contribution in [2.75, 3.05) is 11.9 Å². The summed E-state index contributed by atoms with van der Waals surface area (Å²) >= 11 is 3.35. The Morgan fingerprint density at radius 3 is 2.53 bits per heavy atom. The standard InChI is InChI=1S/C12H14BrNO3/c1-8(12(16)17)7-11(15)14(2)10-6-4-3-5-9(10)13/h3-6,8H,7H2,1-2H3,(H,16,17). The minimum absolute atomic E-state index is 0.00678. The lowest BCUT2D eigenvalue weighted by Gasteiger charge is -2.19. The molecular formula is C12H14BrNO3. The van der Waals surface area contributed by atoms with E-state index in [1.807, 2.05) is 18.2 Å². The van der Waals surface area contributed by atoms with E-state index in [-0.39, 0.29) is 12.3 Å². The van der Waals surface area contributed by atoms with Crippen molar-refractivity contribution >= 4 is 33.5 Å². The first-order valence-corrected chi connectivity index (χ1v) is 5.96. The molecule has 1 unspecified atom stereocenters. The fraction of sp³-hybridized carbons (Fsp3) is 0.333. The van der Waals surface area contributed by atoms with Crippen LogP contribution in [0.2, 0.25) is 0 Å². The van der Waals surface area contributed by atoms with E-state index in [1.54, 1.807) is 13.1 Å². The predicted molar refractivity (Wildman–Crippen MR) is 69.0 cm³/mol. The number of benzene rings is 1. The van der Waals surface area contributed by atoms with Gasteiger partial charge in [-0.2, -0.15) is 0 Å². The average molecular weight is 300 g/mol. The number of aliphatic carboxylic acids is 1. The summed E-state index contributed by atoms with van der Waals surface area (Å²) < 4.78 is 0.804. The van der Waals surface area contributed by atoms with Gasteiger partial charge >= 0.3 is 5.97 Å². The molecule has 1 rings (SSSR count). The minimum atomic E-state index is -0.959. The maximum Gasteiger partial charge on any atom is 0.306 e. The molecule has 1 aromatic carbocycles. The fourth-order valence-electron chi connectivity index (χ4n) is 1.34. The van der Waals surface area contributed by atoms with E-state index in [9.17, 15) is 9.59 Å². The summed E-state index contributed by atoms with van der Waals surface area (Å²) in [6, 6.07) is 7.31. The van der Waals surface area contributed by atoms with Crippen LogP contribution in [0.4, 0.5) is 5.69 Å². The maximum absolute atomic E-state index is 11.9. The number of carbonyl (C=O) groups excluding carboxylic acids is 1. The van der Waals surface area contributed by atoms with Crippen LogP contribution in [0, 0.1) is 5.92 Å². The zero-order valence-corrected chi connectivity index (χ0v) is 11.3. The molecule has 17 heavy (non-hydrogen) atoms. The van der Waals surface area contributed by atoms with Crippen molar-refractivity contribution in [3.63, 3.8) is 0 Å². The van der Waals surface area contributed by atoms with Gasteiger partial charge in [-0.1, -0.05) is 19.1 Å². The topological polar surface area (TPSA) is 57.6 Å². The van der Waals surface area contributed by atoms with E-state index in [2.05, 4.69) is 15.9 Å². The van der Waals surface area contributed by atoms with E-state index in [0.29, 0.717) is 0 Å². The van der Waals surface area contributed by atoms with Crippen molar-refractivity contribution < 1.29 is 14.7 Å². The molecule has 0 aromatic heterocycles. The molecule has 0 bridgehead atoms. The molecule has 1 amide bonds. The van der Waals surface area contributed by atoms with E-state index in [1.165, 1.54) is 11.8 Å². The van der Waals surface area contributed by atoms with Crippen LogP contribution < -0.4 is 4.90 Å². The van der Waals surface area contributed by atoms with Gasteiger partial charge in [0.05, 0.1) is 11.6 Å². The SMILES string of the molecule is CC(CC(=O)N(C)c1ccccc1Br)C(=O)O. The second kappa shape index (κ2) is 5.82. The monoisotopic (exact) mass is 299 g/mol. The highest BCUT2D eigenvalue weighted by atomic mass is 79.9. The predicted octanol–water partition coefficient (Wildman–Crippen LogP) is 2.52. The van der Waals surface area contributed by atoms with Gasteiger partial charge < -0.3 is 10.0 Å². The molecule has 0 aliphatic carbocycles. The van der Waals surface area contributed by atoms with Crippen molar-refractivity contribution in [3.05, 3.63) is 28.7 Å². The summed E-state index contributed by atoms with van der Waals surface area (Å²) in [4.78, 5) is 24.0. The zero-order chi connectivity index (χ0) is 13.0. The largest absolute Gasteiger partial charge is 0.481 e. The van der Waals surface area contributed by atoms with E-state index in [0.717, 1.165) is 10.2 Å². The summed E-state index contributed by atoms with van der Waals surface area (Å²) in [6.07, 6.45) is -0.00678. The van der Waals surface area contributed by atoms with Crippen molar-refractivity contribution in [1.29, 1.82) is 0 Å². The Morgan fingerprint density at radius 2 is 2.00 bits per heavy atom. The molecule has 5 heteroatoms. The fourth-order valence-corrected chi connectivity index (χ4v) is 1.90. The van der Waals surface area contributed by atoms with Gasteiger partial charge in [0, 0.05) is 17.9 Å². The summed E-state index contributed by atoms with van der Waals surface area (Å²) in [7, 11) is 1.64. The highest BCUT2D eigenvalue weighted by molar-refractivity contribution is 9.10. The molecule has 0 fully saturated rings. The lowest BCUT2D eigenvalue weighted by molar-refractivity contribution is -0.143. The second-order valence-corrected chi connectivity index (χ2v) is 4.70. The van der Waals surface area contributed by atoms with Gasteiger partial charge in [0.2, 0.25) is 5.91 Å². The normalized spacial score (nSPS) is 11.9. The van der Waals surface area contributed by atoms with Gasteiger partial charge in [0.15, 0.2) is 0 Å². The van der Waals surface area contributed by atoms with Crippen LogP contribution in [0.1, 0.15) is 13.3 Å². The Kier molecular flexibility index (Phi) is 4.69. The number of hydrogen-bond acceptors (Lipinski definition) is 2. The molecule has 0 aliphatic heterocycles. The summed E-state index contributed by atoms with van der Waals surface area (Å²) in [5.74, 6) is -1.85. The molecule has 4 nitrogen and oxygen atoms in total. The van der Waals surface area contributed by atoms with Gasteiger partial charge in [0.1, 0.15) is 0 Å². The number of anilines is 1. The third-order valence-electron chi connectivity index (χ3n) is 2.49. The van der Waals surface area contributed by atoms with Gasteiger partial charge in [-0.05, 0) is 28.1 Å². The zero-order valence-electron chi connectivity index (χ0n) is 9.68. The number of carboxylic acids is 1. The molecule has 0 spiro atoms. The smallest absolute Gasteiger partial charge is 0.306 e. The average Bonchev–Trinajstić information content (AvgIpc) is 2.28. The molecule has 1 atom stereocenters. The highest BCUT2D eigenvalue weighted by Crippen LogP contribution is 2.25. The number of amides is 1. The molecule has 92 valence electrons. The third kappa shape index (κ3) is 3.56. The van der Waals surface area contributed by atoms with Crippen LogP contribution in [0.3, 0.4) is 0 Å². The summed E-state index contributed by atoms with van der Waals surface area (Å²) in [5, 5.41) is 8.76. The first kappa shape index (κ1) is 13.7. The number of nitrogens with zero attached hydrogens (tertiary/aromatic N) is 1. The van der Waals surface area contributed by atoms with E-state index >= 15 is 0 Å². The molecular weight excluding hydrogens is 286 g/mol. The number of rotatable bonds is 4. The van der Waals surface area contributed by atoms with Crippen molar-refractivity contribution in [1.82, 2.24) is 0 Å². The lowest BCUT2D eigenvalue weighted by atomic mass is 10.1. The minimum Gasteiger partial charge on any atom is -0.481 e. The first-order valence-electron chi connectivity index (χ1n) is 5.17. The molecule has 1 aromatic rings. The lowest BCUT2D eigenvalue weighted by Crippen LogP contribution is -2.29. The molecule has 1 N–H and O–H groups in total. The third-order valence-corrected chi connectivity index (χ3v) is 3.16. The van der Waals surface area contributed by atoms with Crippen LogP contribution in [0.5, 0.6) is 0 Å². The molecule has 0 saturated carbocycles. The molecule has 0 saturated heterocycles. The van der Waals surface area contributed by atoms with Crippen LogP contribution in [0.25, 0.3) is 0 Å². The Hall–Kier alpha value is -1.36. The van der Waals surface area contributed by atoms with Crippen LogP contribution in [-0.4, -0.2) is 24.0 Å². The van der Waals surface area contributed by atoms with Gasteiger partial charge in [0.25, 0.3) is 0 Å². The van der Waals surface area contributed by atoms with E-state index in [4.69, 9.17) is 5.11 Å².